The van der Waals surface area contributed by atoms with Crippen LogP contribution in [0.25, 0.3) is 0 Å². The Bertz CT molecular complexity index is 523. The van der Waals surface area contributed by atoms with Gasteiger partial charge in [-0.15, -0.1) is 13.2 Å². The maximum atomic E-state index is 12.1. The van der Waals surface area contributed by atoms with Crippen molar-refractivity contribution in [1.29, 1.82) is 0 Å². The van der Waals surface area contributed by atoms with Crippen molar-refractivity contribution in [2.45, 2.75) is 18.3 Å². The Labute approximate surface area is 119 Å². The Hall–Kier alpha value is -2.01. The second kappa shape index (κ2) is 6.01. The molecule has 124 valence electrons. The Kier molecular flexibility index (Phi) is 4.92. The molecular weight excluding hydrogens is 324 g/mol. The normalized spacial score (nSPS) is 12.9. The highest BCUT2D eigenvalue weighted by Gasteiger charge is 2.53. The lowest BCUT2D eigenvalue weighted by Gasteiger charge is -2.24. The zero-order valence-corrected chi connectivity index (χ0v) is 10.5. The largest absolute Gasteiger partial charge is 0.573 e. The molecule has 0 unspecified atom stereocenters. The van der Waals surface area contributed by atoms with Gasteiger partial charge in [-0.3, -0.25) is 4.79 Å². The van der Waals surface area contributed by atoms with Crippen LogP contribution in [0.1, 0.15) is 10.4 Å². The minimum absolute atomic E-state index is 0.299. The Balaban J connectivity index is 2.68. The number of ether oxygens (including phenoxy) is 1. The van der Waals surface area contributed by atoms with E-state index in [-0.39, 0.29) is 5.56 Å². The summed E-state index contributed by atoms with van der Waals surface area (Å²) in [7, 11) is 0. The molecule has 1 aromatic carbocycles. The molecule has 0 saturated heterocycles. The zero-order chi connectivity index (χ0) is 17.2. The molecule has 0 heterocycles. The number of carbonyl (C=O) groups is 1. The first-order valence-electron chi connectivity index (χ1n) is 5.47. The molecule has 3 N–H and O–H groups in total. The third kappa shape index (κ3) is 5.07. The minimum atomic E-state index is -5.38. The van der Waals surface area contributed by atoms with E-state index in [1.165, 1.54) is 0 Å². The maximum Gasteiger partial charge on any atom is 0.573 e. The fourth-order valence-electron chi connectivity index (χ4n) is 1.21. The average Bonchev–Trinajstić information content (AvgIpc) is 2.33. The lowest BCUT2D eigenvalue weighted by atomic mass is 10.2. The van der Waals surface area contributed by atoms with Gasteiger partial charge in [0, 0.05) is 5.56 Å². The monoisotopic (exact) mass is 333 g/mol. The molecule has 0 aliphatic rings. The molecule has 0 fully saturated rings. The summed E-state index contributed by atoms with van der Waals surface area (Å²) >= 11 is 0. The number of hydrogen-bond donors (Lipinski definition) is 3. The van der Waals surface area contributed by atoms with Crippen LogP contribution in [0.15, 0.2) is 24.3 Å². The van der Waals surface area contributed by atoms with Gasteiger partial charge in [0.1, 0.15) is 5.75 Å². The van der Waals surface area contributed by atoms with Crippen molar-refractivity contribution in [3.05, 3.63) is 29.8 Å². The summed E-state index contributed by atoms with van der Waals surface area (Å²) in [6.45, 7) is -1.55. The molecule has 0 aromatic heterocycles. The van der Waals surface area contributed by atoms with Gasteiger partial charge in [-0.2, -0.15) is 13.2 Å². The van der Waals surface area contributed by atoms with Crippen molar-refractivity contribution >= 4 is 5.91 Å². The first-order chi connectivity index (χ1) is 9.82. The standard InChI is InChI=1S/C11H9F6NO4/c12-10(13,14)9(20,21)5-18-8(19)6-1-3-7(4-2-6)22-11(15,16)17/h1-4,20-21H,5H2,(H,18,19). The summed E-state index contributed by atoms with van der Waals surface area (Å²) in [6, 6.07) is 3.27. The topological polar surface area (TPSA) is 78.8 Å². The summed E-state index contributed by atoms with van der Waals surface area (Å²) in [4.78, 5) is 11.5. The van der Waals surface area contributed by atoms with Crippen LogP contribution in [0.5, 0.6) is 5.75 Å². The van der Waals surface area contributed by atoms with Crippen molar-refractivity contribution in [2.24, 2.45) is 0 Å². The van der Waals surface area contributed by atoms with E-state index < -0.39 is 36.5 Å². The number of hydrogen-bond acceptors (Lipinski definition) is 4. The van der Waals surface area contributed by atoms with Crippen LogP contribution in [0.3, 0.4) is 0 Å². The summed E-state index contributed by atoms with van der Waals surface area (Å²) in [5.74, 6) is -5.89. The predicted molar refractivity (Wildman–Crippen MR) is 58.7 cm³/mol. The Morgan fingerprint density at radius 3 is 1.95 bits per heavy atom. The summed E-state index contributed by atoms with van der Waals surface area (Å²) in [6.07, 6.45) is -10.3. The van der Waals surface area contributed by atoms with Gasteiger partial charge in [0.2, 0.25) is 0 Å². The molecule has 5 nitrogen and oxygen atoms in total. The predicted octanol–water partition coefficient (Wildman–Crippen LogP) is 1.56. The zero-order valence-electron chi connectivity index (χ0n) is 10.5. The molecule has 0 aliphatic heterocycles. The number of nitrogens with one attached hydrogen (secondary N) is 1. The molecule has 0 saturated carbocycles. The van der Waals surface area contributed by atoms with Gasteiger partial charge in [-0.25, -0.2) is 0 Å². The lowest BCUT2D eigenvalue weighted by Crippen LogP contribution is -2.53. The van der Waals surface area contributed by atoms with E-state index in [1.54, 1.807) is 5.32 Å². The van der Waals surface area contributed by atoms with Crippen LogP contribution in [0, 0.1) is 0 Å². The van der Waals surface area contributed by atoms with Crippen LogP contribution < -0.4 is 10.1 Å². The van der Waals surface area contributed by atoms with Gasteiger partial charge in [0.15, 0.2) is 0 Å². The third-order valence-corrected chi connectivity index (χ3v) is 2.30. The van der Waals surface area contributed by atoms with Gasteiger partial charge >= 0.3 is 12.5 Å². The van der Waals surface area contributed by atoms with Crippen molar-refractivity contribution in [3.63, 3.8) is 0 Å². The van der Waals surface area contributed by atoms with Gasteiger partial charge in [-0.1, -0.05) is 0 Å². The fraction of sp³-hybridized carbons (Fsp3) is 0.364. The minimum Gasteiger partial charge on any atom is -0.406 e. The van der Waals surface area contributed by atoms with Crippen molar-refractivity contribution in [3.8, 4) is 5.75 Å². The van der Waals surface area contributed by atoms with Crippen molar-refractivity contribution in [2.75, 3.05) is 6.54 Å². The third-order valence-electron chi connectivity index (χ3n) is 2.30. The van der Waals surface area contributed by atoms with Gasteiger partial charge in [-0.05, 0) is 24.3 Å². The SMILES string of the molecule is O=C(NCC(O)(O)C(F)(F)F)c1ccc(OC(F)(F)F)cc1. The summed E-state index contributed by atoms with van der Waals surface area (Å²) < 4.78 is 75.6. The first-order valence-corrected chi connectivity index (χ1v) is 5.47. The number of amides is 1. The van der Waals surface area contributed by atoms with Crippen LogP contribution in [-0.2, 0) is 0 Å². The fourth-order valence-corrected chi connectivity index (χ4v) is 1.21. The van der Waals surface area contributed by atoms with E-state index in [0.717, 1.165) is 24.3 Å². The summed E-state index contributed by atoms with van der Waals surface area (Å²) in [5, 5.41) is 19.0. The average molecular weight is 333 g/mol. The molecule has 1 aromatic rings. The highest BCUT2D eigenvalue weighted by Crippen LogP contribution is 2.27. The lowest BCUT2D eigenvalue weighted by molar-refractivity contribution is -0.344. The second-order valence-electron chi connectivity index (χ2n) is 4.07. The molecule has 0 radical (unpaired) electrons. The molecule has 0 aliphatic carbocycles. The maximum absolute atomic E-state index is 12.1. The van der Waals surface area contributed by atoms with E-state index in [0.29, 0.717) is 0 Å². The number of benzene rings is 1. The molecule has 1 rings (SSSR count). The van der Waals surface area contributed by atoms with Crippen LogP contribution >= 0.6 is 0 Å². The molecule has 0 atom stereocenters. The number of alkyl halides is 6. The van der Waals surface area contributed by atoms with Gasteiger partial charge in [0.05, 0.1) is 6.54 Å². The molecule has 1 amide bonds. The van der Waals surface area contributed by atoms with Gasteiger partial charge in [0.25, 0.3) is 11.7 Å². The first kappa shape index (κ1) is 18.0. The van der Waals surface area contributed by atoms with Crippen molar-refractivity contribution < 1.29 is 46.1 Å². The van der Waals surface area contributed by atoms with E-state index >= 15 is 0 Å². The van der Waals surface area contributed by atoms with E-state index in [2.05, 4.69) is 4.74 Å². The second-order valence-corrected chi connectivity index (χ2v) is 4.07. The molecular formula is C11H9F6NO4. The van der Waals surface area contributed by atoms with E-state index in [9.17, 15) is 31.1 Å². The molecule has 22 heavy (non-hydrogen) atoms. The highest BCUT2D eigenvalue weighted by atomic mass is 19.4. The number of aliphatic hydroxyl groups is 2. The smallest absolute Gasteiger partial charge is 0.406 e. The molecule has 0 bridgehead atoms. The molecule has 0 spiro atoms. The Morgan fingerprint density at radius 1 is 1.05 bits per heavy atom. The number of rotatable bonds is 4. The highest BCUT2D eigenvalue weighted by molar-refractivity contribution is 5.94. The number of halogens is 6. The van der Waals surface area contributed by atoms with Gasteiger partial charge < -0.3 is 20.3 Å². The van der Waals surface area contributed by atoms with Crippen molar-refractivity contribution in [1.82, 2.24) is 5.32 Å². The Morgan fingerprint density at radius 2 is 1.55 bits per heavy atom. The quantitative estimate of drug-likeness (QED) is 0.577. The molecule has 11 heteroatoms. The van der Waals surface area contributed by atoms with Crippen LogP contribution in [0.2, 0.25) is 0 Å². The van der Waals surface area contributed by atoms with Crippen LogP contribution in [0.4, 0.5) is 26.3 Å². The number of carbonyl (C=O) groups excluding carboxylic acids is 1. The van der Waals surface area contributed by atoms with E-state index in [1.807, 2.05) is 0 Å². The van der Waals surface area contributed by atoms with E-state index in [4.69, 9.17) is 10.2 Å². The summed E-state index contributed by atoms with van der Waals surface area (Å²) in [5.41, 5.74) is -0.299. The van der Waals surface area contributed by atoms with Crippen LogP contribution in [-0.4, -0.2) is 41.0 Å².